The summed E-state index contributed by atoms with van der Waals surface area (Å²) in [5, 5.41) is 0. The minimum atomic E-state index is 0.113. The third kappa shape index (κ3) is 4.98. The molecule has 23 heavy (non-hydrogen) atoms. The first-order valence-electron chi connectivity index (χ1n) is 8.86. The lowest BCUT2D eigenvalue weighted by Crippen LogP contribution is -2.23. The number of nitrogens with zero attached hydrogens (tertiary/aromatic N) is 1. The molecular weight excluding hydrogens is 286 g/mol. The Morgan fingerprint density at radius 1 is 1.17 bits per heavy atom. The van der Waals surface area contributed by atoms with Crippen LogP contribution in [0.25, 0.3) is 0 Å². The number of para-hydroxylation sites is 1. The van der Waals surface area contributed by atoms with Gasteiger partial charge in [0, 0.05) is 19.7 Å². The molecule has 3 heteroatoms. The zero-order valence-corrected chi connectivity index (χ0v) is 15.1. The standard InChI is InChI=1S/C20H31NO2/c1-15-8-10-16(11-9-15)12-13-17-6-5-7-18(20(17)23-4)14-19(22)21(2)3/h5-7,15-16H,8-14H2,1-4H3. The molecule has 3 nitrogen and oxygen atoms in total. The highest BCUT2D eigenvalue weighted by molar-refractivity contribution is 5.79. The van der Waals surface area contributed by atoms with Crippen molar-refractivity contribution in [3.63, 3.8) is 0 Å². The molecule has 0 heterocycles. The summed E-state index contributed by atoms with van der Waals surface area (Å²) in [7, 11) is 5.30. The molecule has 0 aromatic heterocycles. The molecule has 1 aromatic carbocycles. The van der Waals surface area contributed by atoms with Gasteiger partial charge in [-0.1, -0.05) is 50.8 Å². The van der Waals surface area contributed by atoms with Gasteiger partial charge in [-0.05, 0) is 30.2 Å². The van der Waals surface area contributed by atoms with Crippen molar-refractivity contribution in [2.24, 2.45) is 11.8 Å². The maximum atomic E-state index is 12.0. The predicted molar refractivity (Wildman–Crippen MR) is 94.8 cm³/mol. The average molecular weight is 317 g/mol. The first-order valence-corrected chi connectivity index (χ1v) is 8.86. The van der Waals surface area contributed by atoms with Gasteiger partial charge in [0.15, 0.2) is 0 Å². The molecule has 0 atom stereocenters. The number of hydrogen-bond acceptors (Lipinski definition) is 2. The van der Waals surface area contributed by atoms with Crippen molar-refractivity contribution < 1.29 is 9.53 Å². The van der Waals surface area contributed by atoms with Crippen molar-refractivity contribution in [1.29, 1.82) is 0 Å². The van der Waals surface area contributed by atoms with Gasteiger partial charge in [0.1, 0.15) is 5.75 Å². The third-order valence-corrected chi connectivity index (χ3v) is 5.18. The number of ether oxygens (including phenoxy) is 1. The van der Waals surface area contributed by atoms with E-state index in [1.54, 1.807) is 26.1 Å². The number of aryl methyl sites for hydroxylation is 1. The zero-order valence-electron chi connectivity index (χ0n) is 15.1. The molecule has 1 aliphatic rings. The molecule has 2 rings (SSSR count). The van der Waals surface area contributed by atoms with E-state index in [0.29, 0.717) is 6.42 Å². The number of amides is 1. The van der Waals surface area contributed by atoms with Gasteiger partial charge in [-0.2, -0.15) is 0 Å². The zero-order chi connectivity index (χ0) is 16.8. The SMILES string of the molecule is COc1c(CCC2CCC(C)CC2)cccc1CC(=O)N(C)C. The van der Waals surface area contributed by atoms with E-state index >= 15 is 0 Å². The van der Waals surface area contributed by atoms with Crippen LogP contribution < -0.4 is 4.74 Å². The average Bonchev–Trinajstić information content (AvgIpc) is 2.54. The number of methoxy groups -OCH3 is 1. The van der Waals surface area contributed by atoms with Gasteiger partial charge in [0.05, 0.1) is 13.5 Å². The largest absolute Gasteiger partial charge is 0.496 e. The Bertz CT molecular complexity index is 516. The predicted octanol–water partition coefficient (Wildman–Crippen LogP) is 4.08. The first-order chi connectivity index (χ1) is 11.0. The fraction of sp³-hybridized carbons (Fsp3) is 0.650. The minimum absolute atomic E-state index is 0.113. The van der Waals surface area contributed by atoms with Gasteiger partial charge < -0.3 is 9.64 Å². The molecule has 1 saturated carbocycles. The highest BCUT2D eigenvalue weighted by Gasteiger charge is 2.19. The number of benzene rings is 1. The second-order valence-corrected chi connectivity index (χ2v) is 7.24. The Hall–Kier alpha value is -1.51. The number of rotatable bonds is 6. The summed E-state index contributed by atoms with van der Waals surface area (Å²) in [6.07, 6.45) is 8.16. The van der Waals surface area contributed by atoms with Crippen LogP contribution >= 0.6 is 0 Å². The van der Waals surface area contributed by atoms with Crippen molar-refractivity contribution >= 4 is 5.91 Å². The number of carbonyl (C=O) groups is 1. The van der Waals surface area contributed by atoms with Crippen LogP contribution in [0.1, 0.15) is 50.2 Å². The molecule has 128 valence electrons. The molecule has 0 bridgehead atoms. The fourth-order valence-corrected chi connectivity index (χ4v) is 3.53. The van der Waals surface area contributed by atoms with E-state index in [-0.39, 0.29) is 5.91 Å². The molecule has 1 fully saturated rings. The van der Waals surface area contributed by atoms with Gasteiger partial charge in [-0.25, -0.2) is 0 Å². The molecule has 1 aromatic rings. The van der Waals surface area contributed by atoms with Gasteiger partial charge in [-0.15, -0.1) is 0 Å². The number of likely N-dealkylation sites (N-methyl/N-ethyl adjacent to an activating group) is 1. The summed E-state index contributed by atoms with van der Waals surface area (Å²) < 4.78 is 5.64. The summed E-state index contributed by atoms with van der Waals surface area (Å²) in [5.41, 5.74) is 2.25. The summed E-state index contributed by atoms with van der Waals surface area (Å²) in [6.45, 7) is 2.37. The summed E-state index contributed by atoms with van der Waals surface area (Å²) in [5.74, 6) is 2.78. The highest BCUT2D eigenvalue weighted by atomic mass is 16.5. The van der Waals surface area contributed by atoms with Crippen LogP contribution in [0.3, 0.4) is 0 Å². The van der Waals surface area contributed by atoms with E-state index in [1.165, 1.54) is 37.7 Å². The Balaban J connectivity index is 2.02. The molecule has 0 N–H and O–H groups in total. The third-order valence-electron chi connectivity index (χ3n) is 5.18. The highest BCUT2D eigenvalue weighted by Crippen LogP contribution is 2.33. The van der Waals surface area contributed by atoms with Crippen molar-refractivity contribution in [2.45, 2.75) is 51.9 Å². The number of carbonyl (C=O) groups excluding carboxylic acids is 1. The summed E-state index contributed by atoms with van der Waals surface area (Å²) in [6, 6.07) is 6.21. The second kappa shape index (κ2) is 8.37. The van der Waals surface area contributed by atoms with E-state index in [2.05, 4.69) is 19.1 Å². The Kier molecular flexibility index (Phi) is 6.49. The molecule has 1 amide bonds. The van der Waals surface area contributed by atoms with E-state index in [4.69, 9.17) is 4.74 Å². The van der Waals surface area contributed by atoms with Crippen LogP contribution in [0, 0.1) is 11.8 Å². The second-order valence-electron chi connectivity index (χ2n) is 7.24. The van der Waals surface area contributed by atoms with Crippen LogP contribution in [0.2, 0.25) is 0 Å². The Morgan fingerprint density at radius 3 is 2.43 bits per heavy atom. The van der Waals surface area contributed by atoms with E-state index in [0.717, 1.165) is 29.6 Å². The molecular formula is C20H31NO2. The molecule has 0 aliphatic heterocycles. The minimum Gasteiger partial charge on any atom is -0.496 e. The monoisotopic (exact) mass is 317 g/mol. The van der Waals surface area contributed by atoms with Gasteiger partial charge >= 0.3 is 0 Å². The number of hydrogen-bond donors (Lipinski definition) is 0. The lowest BCUT2D eigenvalue weighted by atomic mass is 9.80. The topological polar surface area (TPSA) is 29.5 Å². The lowest BCUT2D eigenvalue weighted by Gasteiger charge is -2.26. The maximum absolute atomic E-state index is 12.0. The molecule has 0 saturated heterocycles. The van der Waals surface area contributed by atoms with Crippen LogP contribution in [-0.4, -0.2) is 32.0 Å². The van der Waals surface area contributed by atoms with Crippen LogP contribution in [0.15, 0.2) is 18.2 Å². The van der Waals surface area contributed by atoms with Crippen molar-refractivity contribution in [3.05, 3.63) is 29.3 Å². The quantitative estimate of drug-likeness (QED) is 0.791. The Labute approximate surface area is 141 Å². The fourth-order valence-electron chi connectivity index (χ4n) is 3.53. The molecule has 0 spiro atoms. The van der Waals surface area contributed by atoms with E-state index in [9.17, 15) is 4.79 Å². The van der Waals surface area contributed by atoms with Crippen molar-refractivity contribution in [3.8, 4) is 5.75 Å². The molecule has 1 aliphatic carbocycles. The lowest BCUT2D eigenvalue weighted by molar-refractivity contribution is -0.127. The van der Waals surface area contributed by atoms with Crippen LogP contribution in [0.4, 0.5) is 0 Å². The van der Waals surface area contributed by atoms with E-state index in [1.807, 2.05) is 6.07 Å². The Morgan fingerprint density at radius 2 is 1.83 bits per heavy atom. The first kappa shape index (κ1) is 17.8. The van der Waals surface area contributed by atoms with Crippen LogP contribution in [0.5, 0.6) is 5.75 Å². The van der Waals surface area contributed by atoms with Gasteiger partial charge in [-0.3, -0.25) is 4.79 Å². The summed E-state index contributed by atoms with van der Waals surface area (Å²) in [4.78, 5) is 13.6. The van der Waals surface area contributed by atoms with Crippen LogP contribution in [-0.2, 0) is 17.6 Å². The maximum Gasteiger partial charge on any atom is 0.226 e. The van der Waals surface area contributed by atoms with Crippen molar-refractivity contribution in [1.82, 2.24) is 4.90 Å². The summed E-state index contributed by atoms with van der Waals surface area (Å²) >= 11 is 0. The molecule has 0 unspecified atom stereocenters. The normalized spacial score (nSPS) is 21.0. The van der Waals surface area contributed by atoms with Gasteiger partial charge in [0.2, 0.25) is 5.91 Å². The molecule has 0 radical (unpaired) electrons. The van der Waals surface area contributed by atoms with Gasteiger partial charge in [0.25, 0.3) is 0 Å². The van der Waals surface area contributed by atoms with E-state index < -0.39 is 0 Å². The smallest absolute Gasteiger partial charge is 0.226 e. The van der Waals surface area contributed by atoms with Crippen molar-refractivity contribution in [2.75, 3.05) is 21.2 Å².